The molecule has 2 aromatic carbocycles. The largest absolute Gasteiger partial charge is 0.497 e. The fourth-order valence-corrected chi connectivity index (χ4v) is 4.33. The maximum Gasteiger partial charge on any atom is 0.416 e. The van der Waals surface area contributed by atoms with Crippen molar-refractivity contribution in [2.75, 3.05) is 25.6 Å². The molecule has 0 spiro atoms. The monoisotopic (exact) mass is 500 g/mol. The Kier molecular flexibility index (Phi) is 6.50. The van der Waals surface area contributed by atoms with Crippen LogP contribution in [0.5, 0.6) is 5.75 Å². The SMILES string of the molecule is COc1ccc(-c2ccnc(N[C@H]3CO[C@H]4[C@@H]3OC[C@@H]4NC(=O)c3ccc(C(F)(F)F)cc3)n2)cc1. The molecule has 0 unspecified atom stereocenters. The van der Waals surface area contributed by atoms with Gasteiger partial charge in [-0.2, -0.15) is 13.2 Å². The fraction of sp³-hybridized carbons (Fsp3) is 0.320. The van der Waals surface area contributed by atoms with E-state index in [0.717, 1.165) is 41.3 Å². The number of alkyl halides is 3. The van der Waals surface area contributed by atoms with Crippen molar-refractivity contribution in [3.05, 3.63) is 71.9 Å². The lowest BCUT2D eigenvalue weighted by Gasteiger charge is -2.18. The Balaban J connectivity index is 1.21. The number of nitrogens with zero attached hydrogens (tertiary/aromatic N) is 2. The molecule has 1 amide bonds. The third-order valence-corrected chi connectivity index (χ3v) is 6.20. The highest BCUT2D eigenvalue weighted by molar-refractivity contribution is 5.94. The van der Waals surface area contributed by atoms with Crippen molar-refractivity contribution in [1.29, 1.82) is 0 Å². The van der Waals surface area contributed by atoms with E-state index >= 15 is 0 Å². The number of fused-ring (bicyclic) bond motifs is 1. The van der Waals surface area contributed by atoms with Gasteiger partial charge in [-0.3, -0.25) is 4.79 Å². The minimum Gasteiger partial charge on any atom is -0.497 e. The highest BCUT2D eigenvalue weighted by Crippen LogP contribution is 2.31. The van der Waals surface area contributed by atoms with Gasteiger partial charge >= 0.3 is 6.18 Å². The average molecular weight is 500 g/mol. The molecular weight excluding hydrogens is 477 g/mol. The van der Waals surface area contributed by atoms with Gasteiger partial charge in [0.25, 0.3) is 5.91 Å². The molecule has 1 aromatic heterocycles. The molecule has 2 fully saturated rings. The molecule has 0 saturated carbocycles. The predicted molar refractivity (Wildman–Crippen MR) is 124 cm³/mol. The number of carbonyl (C=O) groups is 1. The predicted octanol–water partition coefficient (Wildman–Crippen LogP) is 3.55. The average Bonchev–Trinajstić information content (AvgIpc) is 3.47. The molecule has 188 valence electrons. The maximum absolute atomic E-state index is 12.8. The van der Waals surface area contributed by atoms with Crippen molar-refractivity contribution in [3.8, 4) is 17.0 Å². The molecule has 3 heterocycles. The molecule has 2 aliphatic rings. The van der Waals surface area contributed by atoms with Gasteiger partial charge in [0, 0.05) is 17.3 Å². The van der Waals surface area contributed by atoms with E-state index in [-0.39, 0.29) is 24.3 Å². The minimum atomic E-state index is -4.46. The minimum absolute atomic E-state index is 0.128. The standard InChI is InChI=1S/C25H23F3N4O4/c1-34-17-8-4-14(5-9-17)18-10-11-29-24(31-18)32-20-13-36-21-19(12-35-22(20)21)30-23(33)15-2-6-16(7-3-15)25(26,27)28/h2-11,19-22H,12-13H2,1H3,(H,30,33)(H,29,31,32)/t19-,20-,21+,22+/m0/s1. The number of amides is 1. The van der Waals surface area contributed by atoms with Gasteiger partial charge in [-0.05, 0) is 54.6 Å². The molecule has 36 heavy (non-hydrogen) atoms. The van der Waals surface area contributed by atoms with Crippen molar-refractivity contribution in [3.63, 3.8) is 0 Å². The number of hydrogen-bond donors (Lipinski definition) is 2. The molecule has 11 heteroatoms. The number of hydrogen-bond acceptors (Lipinski definition) is 7. The Morgan fingerprint density at radius 3 is 2.31 bits per heavy atom. The summed E-state index contributed by atoms with van der Waals surface area (Å²) in [7, 11) is 1.61. The summed E-state index contributed by atoms with van der Waals surface area (Å²) in [5.74, 6) is 0.672. The topological polar surface area (TPSA) is 94.6 Å². The summed E-state index contributed by atoms with van der Waals surface area (Å²) < 4.78 is 55.3. The molecule has 3 aromatic rings. The molecule has 5 rings (SSSR count). The van der Waals surface area contributed by atoms with Crippen molar-refractivity contribution >= 4 is 11.9 Å². The van der Waals surface area contributed by atoms with E-state index < -0.39 is 29.8 Å². The molecule has 4 atom stereocenters. The first kappa shape index (κ1) is 24.0. The van der Waals surface area contributed by atoms with E-state index in [4.69, 9.17) is 14.2 Å². The number of nitrogens with one attached hydrogen (secondary N) is 2. The van der Waals surface area contributed by atoms with Crippen molar-refractivity contribution in [2.24, 2.45) is 0 Å². The third kappa shape index (κ3) is 4.98. The first-order valence-corrected chi connectivity index (χ1v) is 11.3. The maximum atomic E-state index is 12.8. The summed E-state index contributed by atoms with van der Waals surface area (Å²) in [6.45, 7) is 0.532. The second kappa shape index (κ2) is 9.75. The van der Waals surface area contributed by atoms with Gasteiger partial charge in [-0.25, -0.2) is 9.97 Å². The first-order valence-electron chi connectivity index (χ1n) is 11.3. The van der Waals surface area contributed by atoms with Crippen LogP contribution < -0.4 is 15.4 Å². The van der Waals surface area contributed by atoms with Gasteiger partial charge in [0.1, 0.15) is 18.0 Å². The zero-order valence-corrected chi connectivity index (χ0v) is 19.2. The number of benzene rings is 2. The Bertz CT molecular complexity index is 1220. The summed E-state index contributed by atoms with van der Waals surface area (Å²) in [6.07, 6.45) is -3.56. The number of carbonyl (C=O) groups excluding carboxylic acids is 1. The number of aromatic nitrogens is 2. The van der Waals surface area contributed by atoms with E-state index in [2.05, 4.69) is 20.6 Å². The summed E-state index contributed by atoms with van der Waals surface area (Å²) >= 11 is 0. The van der Waals surface area contributed by atoms with Gasteiger partial charge in [0.05, 0.1) is 43.7 Å². The van der Waals surface area contributed by atoms with Crippen LogP contribution >= 0.6 is 0 Å². The Labute approximate surface area is 204 Å². The van der Waals surface area contributed by atoms with Gasteiger partial charge in [0.15, 0.2) is 0 Å². The van der Waals surface area contributed by atoms with E-state index in [1.54, 1.807) is 19.4 Å². The summed E-state index contributed by atoms with van der Waals surface area (Å²) in [5, 5.41) is 6.06. The molecular formula is C25H23F3N4O4. The van der Waals surface area contributed by atoms with Crippen molar-refractivity contribution in [1.82, 2.24) is 15.3 Å². The number of anilines is 1. The molecule has 8 nitrogen and oxygen atoms in total. The van der Waals surface area contributed by atoms with Crippen LogP contribution in [0.3, 0.4) is 0 Å². The van der Waals surface area contributed by atoms with Crippen LogP contribution in [-0.2, 0) is 15.7 Å². The first-order chi connectivity index (χ1) is 17.3. The second-order valence-electron chi connectivity index (χ2n) is 8.50. The summed E-state index contributed by atoms with van der Waals surface area (Å²) in [5.41, 5.74) is 0.960. The van der Waals surface area contributed by atoms with Crippen LogP contribution in [0.25, 0.3) is 11.3 Å². The van der Waals surface area contributed by atoms with Crippen molar-refractivity contribution in [2.45, 2.75) is 30.5 Å². The van der Waals surface area contributed by atoms with Crippen LogP contribution in [0.4, 0.5) is 19.1 Å². The normalized spacial score (nSPS) is 23.2. The van der Waals surface area contributed by atoms with E-state index in [1.807, 2.05) is 24.3 Å². The van der Waals surface area contributed by atoms with Gasteiger partial charge in [-0.15, -0.1) is 0 Å². The lowest BCUT2D eigenvalue weighted by Crippen LogP contribution is -2.44. The van der Waals surface area contributed by atoms with Gasteiger partial charge < -0.3 is 24.8 Å². The smallest absolute Gasteiger partial charge is 0.416 e. The molecule has 2 saturated heterocycles. The second-order valence-corrected chi connectivity index (χ2v) is 8.50. The summed E-state index contributed by atoms with van der Waals surface area (Å²) in [4.78, 5) is 21.5. The highest BCUT2D eigenvalue weighted by atomic mass is 19.4. The Morgan fingerprint density at radius 2 is 1.64 bits per heavy atom. The van der Waals surface area contributed by atoms with Gasteiger partial charge in [0.2, 0.25) is 5.95 Å². The molecule has 2 N–H and O–H groups in total. The van der Waals surface area contributed by atoms with Crippen LogP contribution in [-0.4, -0.2) is 60.5 Å². The Morgan fingerprint density at radius 1 is 0.972 bits per heavy atom. The Hall–Kier alpha value is -3.70. The van der Waals surface area contributed by atoms with E-state index in [0.29, 0.717) is 12.6 Å². The van der Waals surface area contributed by atoms with Gasteiger partial charge in [-0.1, -0.05) is 0 Å². The van der Waals surface area contributed by atoms with Crippen LogP contribution in [0, 0.1) is 0 Å². The molecule has 2 aliphatic heterocycles. The number of rotatable bonds is 6. The van der Waals surface area contributed by atoms with Crippen LogP contribution in [0.15, 0.2) is 60.8 Å². The van der Waals surface area contributed by atoms with Crippen LogP contribution in [0.2, 0.25) is 0 Å². The van der Waals surface area contributed by atoms with Crippen LogP contribution in [0.1, 0.15) is 15.9 Å². The third-order valence-electron chi connectivity index (χ3n) is 6.20. The highest BCUT2D eigenvalue weighted by Gasteiger charge is 2.48. The number of halogens is 3. The number of methoxy groups -OCH3 is 1. The van der Waals surface area contributed by atoms with E-state index in [9.17, 15) is 18.0 Å². The quantitative estimate of drug-likeness (QED) is 0.535. The molecule has 0 bridgehead atoms. The zero-order valence-electron chi connectivity index (χ0n) is 19.2. The lowest BCUT2D eigenvalue weighted by molar-refractivity contribution is -0.137. The van der Waals surface area contributed by atoms with E-state index in [1.165, 1.54) is 0 Å². The summed E-state index contributed by atoms with van der Waals surface area (Å²) in [6, 6.07) is 12.7. The number of ether oxygens (including phenoxy) is 3. The zero-order chi connectivity index (χ0) is 25.3. The lowest BCUT2D eigenvalue weighted by atomic mass is 10.1. The molecule has 0 radical (unpaired) electrons. The van der Waals surface area contributed by atoms with Crippen molar-refractivity contribution < 1.29 is 32.2 Å². The molecule has 0 aliphatic carbocycles. The fourth-order valence-electron chi connectivity index (χ4n) is 4.33.